The van der Waals surface area contributed by atoms with Gasteiger partial charge in [-0.15, -0.1) is 0 Å². The Balaban J connectivity index is 2.25. The van der Waals surface area contributed by atoms with Crippen LogP contribution in [0, 0.1) is 0 Å². The lowest BCUT2D eigenvalue weighted by atomic mass is 10.1. The standard InChI is InChI=1S/C16H17N3/c1-2-14-16(13-6-4-3-5-7-13)18-15-10-12(11-17)8-9-19(14)15/h3-10H,2,11,17H2,1H3. The monoisotopic (exact) mass is 251 g/mol. The van der Waals surface area contributed by atoms with Crippen LogP contribution in [-0.2, 0) is 13.0 Å². The van der Waals surface area contributed by atoms with Crippen molar-refractivity contribution in [1.29, 1.82) is 0 Å². The van der Waals surface area contributed by atoms with E-state index in [9.17, 15) is 0 Å². The summed E-state index contributed by atoms with van der Waals surface area (Å²) in [7, 11) is 0. The Bertz CT molecular complexity index is 699. The van der Waals surface area contributed by atoms with Crippen molar-refractivity contribution in [3.05, 3.63) is 59.9 Å². The Morgan fingerprint density at radius 1 is 1.16 bits per heavy atom. The largest absolute Gasteiger partial charge is 0.326 e. The molecular formula is C16H17N3. The van der Waals surface area contributed by atoms with Gasteiger partial charge in [-0.05, 0) is 24.1 Å². The molecule has 2 aromatic heterocycles. The Labute approximate surface area is 112 Å². The first kappa shape index (κ1) is 11.9. The minimum absolute atomic E-state index is 0.547. The summed E-state index contributed by atoms with van der Waals surface area (Å²) >= 11 is 0. The molecular weight excluding hydrogens is 234 g/mol. The van der Waals surface area contributed by atoms with Crippen LogP contribution in [0.3, 0.4) is 0 Å². The summed E-state index contributed by atoms with van der Waals surface area (Å²) in [5.74, 6) is 0. The number of aromatic nitrogens is 2. The molecule has 0 saturated heterocycles. The topological polar surface area (TPSA) is 43.3 Å². The van der Waals surface area contributed by atoms with Crippen molar-refractivity contribution >= 4 is 5.65 Å². The van der Waals surface area contributed by atoms with Gasteiger partial charge in [0.15, 0.2) is 0 Å². The molecule has 0 radical (unpaired) electrons. The van der Waals surface area contributed by atoms with E-state index < -0.39 is 0 Å². The molecule has 0 bridgehead atoms. The first-order valence-corrected chi connectivity index (χ1v) is 6.59. The fourth-order valence-corrected chi connectivity index (χ4v) is 2.43. The first-order valence-electron chi connectivity index (χ1n) is 6.59. The van der Waals surface area contributed by atoms with Crippen molar-refractivity contribution in [2.45, 2.75) is 19.9 Å². The highest BCUT2D eigenvalue weighted by Gasteiger charge is 2.12. The number of hydrogen-bond donors (Lipinski definition) is 1. The van der Waals surface area contributed by atoms with Gasteiger partial charge in [0.2, 0.25) is 0 Å². The molecule has 2 N–H and O–H groups in total. The van der Waals surface area contributed by atoms with E-state index in [1.54, 1.807) is 0 Å². The molecule has 3 rings (SSSR count). The highest BCUT2D eigenvalue weighted by atomic mass is 15.0. The van der Waals surface area contributed by atoms with Gasteiger partial charge in [0.05, 0.1) is 11.4 Å². The van der Waals surface area contributed by atoms with Crippen molar-refractivity contribution in [2.75, 3.05) is 0 Å². The summed E-state index contributed by atoms with van der Waals surface area (Å²) in [6.45, 7) is 2.71. The third kappa shape index (κ3) is 2.02. The van der Waals surface area contributed by atoms with E-state index in [0.717, 1.165) is 28.9 Å². The van der Waals surface area contributed by atoms with Gasteiger partial charge < -0.3 is 10.1 Å². The zero-order valence-electron chi connectivity index (χ0n) is 11.0. The molecule has 0 unspecified atom stereocenters. The van der Waals surface area contributed by atoms with Crippen LogP contribution in [0.1, 0.15) is 18.2 Å². The number of aryl methyl sites for hydroxylation is 1. The summed E-state index contributed by atoms with van der Waals surface area (Å²) in [5, 5.41) is 0. The SMILES string of the molecule is CCc1c(-c2ccccc2)nc2cc(CN)ccn12. The van der Waals surface area contributed by atoms with Crippen molar-refractivity contribution in [3.63, 3.8) is 0 Å². The summed E-state index contributed by atoms with van der Waals surface area (Å²) < 4.78 is 2.15. The normalized spacial score (nSPS) is 11.1. The maximum absolute atomic E-state index is 5.69. The van der Waals surface area contributed by atoms with Crippen LogP contribution in [-0.4, -0.2) is 9.38 Å². The number of pyridine rings is 1. The number of nitrogens with two attached hydrogens (primary N) is 1. The summed E-state index contributed by atoms with van der Waals surface area (Å²) in [4.78, 5) is 4.77. The van der Waals surface area contributed by atoms with Gasteiger partial charge in [0.25, 0.3) is 0 Å². The molecule has 0 saturated carbocycles. The minimum Gasteiger partial charge on any atom is -0.326 e. The second kappa shape index (κ2) is 4.86. The van der Waals surface area contributed by atoms with Crippen LogP contribution in [0.15, 0.2) is 48.7 Å². The number of benzene rings is 1. The molecule has 3 heteroatoms. The molecule has 1 aromatic carbocycles. The van der Waals surface area contributed by atoms with E-state index in [4.69, 9.17) is 10.7 Å². The number of fused-ring (bicyclic) bond motifs is 1. The van der Waals surface area contributed by atoms with E-state index in [1.807, 2.05) is 18.2 Å². The summed E-state index contributed by atoms with van der Waals surface area (Å²) in [6, 6.07) is 14.4. The van der Waals surface area contributed by atoms with Crippen molar-refractivity contribution in [2.24, 2.45) is 5.73 Å². The lowest BCUT2D eigenvalue weighted by Gasteiger charge is -2.02. The third-order valence-corrected chi connectivity index (χ3v) is 3.41. The van der Waals surface area contributed by atoms with E-state index >= 15 is 0 Å². The van der Waals surface area contributed by atoms with Crippen LogP contribution in [0.5, 0.6) is 0 Å². The van der Waals surface area contributed by atoms with E-state index in [1.165, 1.54) is 5.69 Å². The van der Waals surface area contributed by atoms with E-state index in [0.29, 0.717) is 6.54 Å². The van der Waals surface area contributed by atoms with Gasteiger partial charge >= 0.3 is 0 Å². The lowest BCUT2D eigenvalue weighted by molar-refractivity contribution is 0.983. The molecule has 0 aliphatic rings. The highest BCUT2D eigenvalue weighted by Crippen LogP contribution is 2.25. The summed E-state index contributed by atoms with van der Waals surface area (Å²) in [6.07, 6.45) is 3.02. The quantitative estimate of drug-likeness (QED) is 0.777. The van der Waals surface area contributed by atoms with E-state index in [2.05, 4.69) is 41.8 Å². The van der Waals surface area contributed by atoms with Crippen molar-refractivity contribution < 1.29 is 0 Å². The maximum atomic E-state index is 5.69. The number of imidazole rings is 1. The molecule has 0 atom stereocenters. The second-order valence-electron chi connectivity index (χ2n) is 4.59. The fourth-order valence-electron chi connectivity index (χ4n) is 2.43. The van der Waals surface area contributed by atoms with Crippen LogP contribution < -0.4 is 5.73 Å². The minimum atomic E-state index is 0.547. The average molecular weight is 251 g/mol. The molecule has 96 valence electrons. The van der Waals surface area contributed by atoms with Gasteiger partial charge in [-0.1, -0.05) is 37.3 Å². The molecule has 0 aliphatic heterocycles. The van der Waals surface area contributed by atoms with Gasteiger partial charge in [0.1, 0.15) is 5.65 Å². The number of hydrogen-bond acceptors (Lipinski definition) is 2. The average Bonchev–Trinajstić information content (AvgIpc) is 2.85. The van der Waals surface area contributed by atoms with Crippen LogP contribution in [0.25, 0.3) is 16.9 Å². The van der Waals surface area contributed by atoms with Crippen LogP contribution >= 0.6 is 0 Å². The smallest absolute Gasteiger partial charge is 0.137 e. The molecule has 2 heterocycles. The van der Waals surface area contributed by atoms with Gasteiger partial charge in [-0.25, -0.2) is 4.98 Å². The fraction of sp³-hybridized carbons (Fsp3) is 0.188. The predicted molar refractivity (Wildman–Crippen MR) is 77.9 cm³/mol. The van der Waals surface area contributed by atoms with Crippen molar-refractivity contribution in [3.8, 4) is 11.3 Å². The van der Waals surface area contributed by atoms with Gasteiger partial charge in [0, 0.05) is 18.3 Å². The highest BCUT2D eigenvalue weighted by molar-refractivity contribution is 5.66. The van der Waals surface area contributed by atoms with Crippen LogP contribution in [0.2, 0.25) is 0 Å². The molecule has 3 aromatic rings. The van der Waals surface area contributed by atoms with Gasteiger partial charge in [-0.2, -0.15) is 0 Å². The zero-order valence-corrected chi connectivity index (χ0v) is 11.0. The Morgan fingerprint density at radius 3 is 2.63 bits per heavy atom. The number of rotatable bonds is 3. The molecule has 0 spiro atoms. The molecule has 19 heavy (non-hydrogen) atoms. The van der Waals surface area contributed by atoms with Crippen molar-refractivity contribution in [1.82, 2.24) is 9.38 Å². The maximum Gasteiger partial charge on any atom is 0.137 e. The molecule has 0 amide bonds. The van der Waals surface area contributed by atoms with Gasteiger partial charge in [-0.3, -0.25) is 0 Å². The molecule has 0 fully saturated rings. The second-order valence-corrected chi connectivity index (χ2v) is 4.59. The Hall–Kier alpha value is -2.13. The predicted octanol–water partition coefficient (Wildman–Crippen LogP) is 3.02. The molecule has 3 nitrogen and oxygen atoms in total. The van der Waals surface area contributed by atoms with E-state index in [-0.39, 0.29) is 0 Å². The lowest BCUT2D eigenvalue weighted by Crippen LogP contribution is -1.98. The third-order valence-electron chi connectivity index (χ3n) is 3.41. The first-order chi connectivity index (χ1) is 9.33. The Morgan fingerprint density at radius 2 is 1.95 bits per heavy atom. The Kier molecular flexibility index (Phi) is 3.05. The number of nitrogens with zero attached hydrogens (tertiary/aromatic N) is 2. The molecule has 0 aliphatic carbocycles. The zero-order chi connectivity index (χ0) is 13.2. The van der Waals surface area contributed by atoms with Crippen LogP contribution in [0.4, 0.5) is 0 Å². The summed E-state index contributed by atoms with van der Waals surface area (Å²) in [5.41, 5.74) is 11.2.